The Labute approximate surface area is 73.2 Å². The molecule has 1 aromatic carbocycles. The normalized spacial score (nSPS) is 15.3. The van der Waals surface area contributed by atoms with E-state index in [1.807, 2.05) is 12.1 Å². The Morgan fingerprint density at radius 2 is 1.92 bits per heavy atom. The van der Waals surface area contributed by atoms with Crippen LogP contribution in [-0.4, -0.2) is 0 Å². The Kier molecular flexibility index (Phi) is 1.54. The van der Waals surface area contributed by atoms with Gasteiger partial charge in [-0.1, -0.05) is 6.58 Å². The van der Waals surface area contributed by atoms with Gasteiger partial charge in [0, 0.05) is 30.1 Å². The highest BCUT2D eigenvalue weighted by atomic mass is 14.2. The molecular formula is C12H11+. The molecule has 0 unspecified atom stereocenters. The number of hydrogen-bond donors (Lipinski definition) is 0. The summed E-state index contributed by atoms with van der Waals surface area (Å²) in [6.45, 7) is 7.97. The Morgan fingerprint density at radius 1 is 1.17 bits per heavy atom. The minimum Gasteiger partial charge on any atom is -0.0849 e. The highest BCUT2D eigenvalue weighted by Crippen LogP contribution is 2.32. The standard InChI is InChI=1S/C12H11/c1-9-7-10(2)12-6-4-3-5-11(12)8-9/h3-6,8H,1-2,7H2/q+1. The fourth-order valence-corrected chi connectivity index (χ4v) is 1.59. The average molecular weight is 155 g/mol. The predicted octanol–water partition coefficient (Wildman–Crippen LogP) is 3.21. The van der Waals surface area contributed by atoms with Crippen LogP contribution in [0, 0.1) is 6.42 Å². The number of rotatable bonds is 0. The molecule has 12 heavy (non-hydrogen) atoms. The summed E-state index contributed by atoms with van der Waals surface area (Å²) in [4.78, 5) is 0. The summed E-state index contributed by atoms with van der Waals surface area (Å²) in [6, 6.07) is 8.30. The molecule has 0 atom stereocenters. The van der Waals surface area contributed by atoms with Gasteiger partial charge in [-0.2, -0.15) is 0 Å². The van der Waals surface area contributed by atoms with Gasteiger partial charge in [-0.05, 0) is 24.8 Å². The highest BCUT2D eigenvalue weighted by molar-refractivity contribution is 5.74. The van der Waals surface area contributed by atoms with E-state index in [4.69, 9.17) is 0 Å². The monoisotopic (exact) mass is 155 g/mol. The van der Waals surface area contributed by atoms with Crippen LogP contribution < -0.4 is 0 Å². The third-order valence-electron chi connectivity index (χ3n) is 2.14. The molecule has 58 valence electrons. The van der Waals surface area contributed by atoms with Crippen LogP contribution in [0.5, 0.6) is 0 Å². The van der Waals surface area contributed by atoms with Gasteiger partial charge in [0.15, 0.2) is 0 Å². The lowest BCUT2D eigenvalue weighted by Crippen LogP contribution is -2.00. The van der Waals surface area contributed by atoms with E-state index in [1.165, 1.54) is 16.7 Å². The Hall–Kier alpha value is -1.43. The Balaban J connectivity index is 2.54. The second kappa shape index (κ2) is 2.56. The van der Waals surface area contributed by atoms with E-state index in [1.54, 1.807) is 0 Å². The maximum absolute atomic E-state index is 4.03. The first-order valence-electron chi connectivity index (χ1n) is 4.07. The average Bonchev–Trinajstić information content (AvgIpc) is 2.04. The summed E-state index contributed by atoms with van der Waals surface area (Å²) in [5.41, 5.74) is 4.85. The van der Waals surface area contributed by atoms with Crippen molar-refractivity contribution in [1.82, 2.24) is 0 Å². The molecule has 0 bridgehead atoms. The zero-order chi connectivity index (χ0) is 8.55. The highest BCUT2D eigenvalue weighted by Gasteiger charge is 2.20. The third-order valence-corrected chi connectivity index (χ3v) is 2.14. The minimum atomic E-state index is 0.914. The molecule has 0 heteroatoms. The lowest BCUT2D eigenvalue weighted by atomic mass is 9.86. The largest absolute Gasteiger partial charge is 0.103 e. The van der Waals surface area contributed by atoms with E-state index in [-0.39, 0.29) is 0 Å². The quantitative estimate of drug-likeness (QED) is 0.505. The van der Waals surface area contributed by atoms with E-state index < -0.39 is 0 Å². The van der Waals surface area contributed by atoms with Crippen molar-refractivity contribution in [3.8, 4) is 0 Å². The molecule has 0 fully saturated rings. The van der Waals surface area contributed by atoms with Crippen molar-refractivity contribution in [2.75, 3.05) is 0 Å². The van der Waals surface area contributed by atoms with Crippen LogP contribution in [0.2, 0.25) is 0 Å². The molecule has 1 aromatic rings. The zero-order valence-corrected chi connectivity index (χ0v) is 7.01. The number of allylic oxidation sites excluding steroid dienone is 2. The molecule has 0 aromatic heterocycles. The lowest BCUT2D eigenvalue weighted by molar-refractivity contribution is 1.19. The van der Waals surface area contributed by atoms with Crippen LogP contribution in [-0.2, 0) is 0 Å². The fraction of sp³-hybridized carbons (Fsp3) is 0.0833. The maximum atomic E-state index is 4.03. The van der Waals surface area contributed by atoms with Crippen molar-refractivity contribution < 1.29 is 0 Å². The van der Waals surface area contributed by atoms with Gasteiger partial charge >= 0.3 is 0 Å². The second-order valence-corrected chi connectivity index (χ2v) is 3.17. The van der Waals surface area contributed by atoms with Gasteiger partial charge in [0.05, 0.1) is 5.56 Å². The summed E-state index contributed by atoms with van der Waals surface area (Å²) in [5, 5.41) is 0. The molecule has 1 aliphatic rings. The van der Waals surface area contributed by atoms with E-state index >= 15 is 0 Å². The third kappa shape index (κ3) is 1.06. The molecule has 2 rings (SSSR count). The lowest BCUT2D eigenvalue weighted by Gasteiger charge is -2.12. The molecule has 0 spiro atoms. The number of fused-ring (bicyclic) bond motifs is 1. The van der Waals surface area contributed by atoms with Crippen molar-refractivity contribution >= 4 is 5.57 Å². The second-order valence-electron chi connectivity index (χ2n) is 3.17. The van der Waals surface area contributed by atoms with Crippen LogP contribution in [0.1, 0.15) is 17.5 Å². The molecule has 0 radical (unpaired) electrons. The number of hydrogen-bond acceptors (Lipinski definition) is 0. The summed E-state index contributed by atoms with van der Waals surface area (Å²) in [5.74, 6) is 0. The molecule has 0 aliphatic heterocycles. The minimum absolute atomic E-state index is 0.914. The van der Waals surface area contributed by atoms with Crippen LogP contribution in [0.15, 0.2) is 43.0 Å². The predicted molar refractivity (Wildman–Crippen MR) is 52.6 cm³/mol. The van der Waals surface area contributed by atoms with E-state index in [0.717, 1.165) is 12.0 Å². The van der Waals surface area contributed by atoms with Crippen molar-refractivity contribution in [1.29, 1.82) is 0 Å². The Morgan fingerprint density at radius 3 is 2.75 bits per heavy atom. The first kappa shape index (κ1) is 7.23. The van der Waals surface area contributed by atoms with Crippen LogP contribution in [0.25, 0.3) is 5.57 Å². The summed E-state index contributed by atoms with van der Waals surface area (Å²) < 4.78 is 0. The van der Waals surface area contributed by atoms with Crippen molar-refractivity contribution in [2.45, 2.75) is 6.42 Å². The topological polar surface area (TPSA) is 0 Å². The van der Waals surface area contributed by atoms with E-state index in [0.29, 0.717) is 0 Å². The summed E-state index contributed by atoms with van der Waals surface area (Å²) in [7, 11) is 0. The molecule has 1 aliphatic carbocycles. The zero-order valence-electron chi connectivity index (χ0n) is 7.01. The van der Waals surface area contributed by atoms with Gasteiger partial charge in [-0.3, -0.25) is 0 Å². The van der Waals surface area contributed by atoms with E-state index in [9.17, 15) is 0 Å². The Bertz CT molecular complexity index is 345. The van der Waals surface area contributed by atoms with Gasteiger partial charge in [-0.15, -0.1) is 0 Å². The molecule has 0 saturated carbocycles. The molecule has 0 nitrogen and oxygen atoms in total. The van der Waals surface area contributed by atoms with Crippen LogP contribution in [0.4, 0.5) is 0 Å². The smallest absolute Gasteiger partial charge is 0.0849 e. The van der Waals surface area contributed by atoms with Gasteiger partial charge in [-0.25, -0.2) is 0 Å². The number of benzene rings is 1. The SMILES string of the molecule is C=C1[CH+]c2ccccc2C(=C)C1. The van der Waals surface area contributed by atoms with Crippen molar-refractivity contribution in [2.24, 2.45) is 0 Å². The summed E-state index contributed by atoms with van der Waals surface area (Å²) >= 11 is 0. The molecule has 0 N–H and O–H groups in total. The first-order valence-corrected chi connectivity index (χ1v) is 4.07. The molecule has 0 amide bonds. The molecule has 0 saturated heterocycles. The van der Waals surface area contributed by atoms with Crippen LogP contribution in [0.3, 0.4) is 0 Å². The maximum Gasteiger partial charge on any atom is 0.103 e. The van der Waals surface area contributed by atoms with Gasteiger partial charge in [0.25, 0.3) is 0 Å². The van der Waals surface area contributed by atoms with Crippen molar-refractivity contribution in [3.05, 3.63) is 60.5 Å². The first-order chi connectivity index (χ1) is 5.77. The van der Waals surface area contributed by atoms with Gasteiger partial charge < -0.3 is 0 Å². The van der Waals surface area contributed by atoms with Gasteiger partial charge in [0.1, 0.15) is 5.56 Å². The fourth-order valence-electron chi connectivity index (χ4n) is 1.59. The summed E-state index contributed by atoms with van der Waals surface area (Å²) in [6.07, 6.45) is 3.04. The molecule has 0 heterocycles. The molecular weight excluding hydrogens is 144 g/mol. The van der Waals surface area contributed by atoms with E-state index in [2.05, 4.69) is 31.7 Å². The van der Waals surface area contributed by atoms with Gasteiger partial charge in [0.2, 0.25) is 0 Å². The van der Waals surface area contributed by atoms with Crippen LogP contribution >= 0.6 is 0 Å². The van der Waals surface area contributed by atoms with Crippen molar-refractivity contribution in [3.63, 3.8) is 0 Å².